The molecule has 0 unspecified atom stereocenters. The standard InChI is InChI=1S/C14H19ClINO/c1-9(2)14(3,4)8-17-13(18)10-5-6-12(16)11(15)7-10/h5-7,9H,8H2,1-4H3,(H,17,18). The molecule has 1 aromatic rings. The van der Waals surface area contributed by atoms with E-state index in [1.807, 2.05) is 6.07 Å². The molecular formula is C14H19ClINO. The van der Waals surface area contributed by atoms with E-state index in [9.17, 15) is 4.79 Å². The maximum absolute atomic E-state index is 12.0. The first-order valence-electron chi connectivity index (χ1n) is 5.97. The first kappa shape index (κ1) is 15.8. The number of amides is 1. The first-order chi connectivity index (χ1) is 8.24. The van der Waals surface area contributed by atoms with E-state index in [0.717, 1.165) is 3.57 Å². The van der Waals surface area contributed by atoms with E-state index in [2.05, 4.69) is 55.6 Å². The average Bonchev–Trinajstić information content (AvgIpc) is 2.29. The minimum absolute atomic E-state index is 0.0676. The van der Waals surface area contributed by atoms with Gasteiger partial charge in [-0.3, -0.25) is 4.79 Å². The smallest absolute Gasteiger partial charge is 0.251 e. The van der Waals surface area contributed by atoms with Crippen LogP contribution >= 0.6 is 34.2 Å². The SMILES string of the molecule is CC(C)C(C)(C)CNC(=O)c1ccc(I)c(Cl)c1. The Balaban J connectivity index is 2.69. The summed E-state index contributed by atoms with van der Waals surface area (Å²) in [4.78, 5) is 12.0. The Morgan fingerprint density at radius 3 is 2.56 bits per heavy atom. The first-order valence-corrected chi connectivity index (χ1v) is 7.43. The van der Waals surface area contributed by atoms with E-state index in [4.69, 9.17) is 11.6 Å². The molecule has 0 aliphatic rings. The topological polar surface area (TPSA) is 29.1 Å². The highest BCUT2D eigenvalue weighted by atomic mass is 127. The van der Waals surface area contributed by atoms with Crippen LogP contribution in [0.15, 0.2) is 18.2 Å². The zero-order valence-corrected chi connectivity index (χ0v) is 14.1. The molecule has 0 aromatic heterocycles. The third-order valence-corrected chi connectivity index (χ3v) is 5.02. The molecule has 0 heterocycles. The van der Waals surface area contributed by atoms with Crippen molar-refractivity contribution in [2.45, 2.75) is 27.7 Å². The van der Waals surface area contributed by atoms with Crippen molar-refractivity contribution in [1.82, 2.24) is 5.32 Å². The predicted molar refractivity (Wildman–Crippen MR) is 85.1 cm³/mol. The Kier molecular flexibility index (Phi) is 5.46. The summed E-state index contributed by atoms with van der Waals surface area (Å²) in [5.41, 5.74) is 0.697. The van der Waals surface area contributed by atoms with Crippen LogP contribution in [0.1, 0.15) is 38.1 Å². The second-order valence-corrected chi connectivity index (χ2v) is 7.02. The van der Waals surface area contributed by atoms with Crippen LogP contribution < -0.4 is 5.32 Å². The molecule has 0 spiro atoms. The van der Waals surface area contributed by atoms with Gasteiger partial charge in [0.05, 0.1) is 5.02 Å². The van der Waals surface area contributed by atoms with Crippen LogP contribution in [-0.4, -0.2) is 12.5 Å². The summed E-state index contributed by atoms with van der Waals surface area (Å²) in [5.74, 6) is 0.445. The van der Waals surface area contributed by atoms with Crippen LogP contribution in [-0.2, 0) is 0 Å². The Morgan fingerprint density at radius 2 is 2.06 bits per heavy atom. The van der Waals surface area contributed by atoms with Crippen LogP contribution in [0.5, 0.6) is 0 Å². The molecule has 0 fully saturated rings. The molecular weight excluding hydrogens is 361 g/mol. The zero-order chi connectivity index (χ0) is 13.9. The molecule has 0 aliphatic carbocycles. The van der Waals surface area contributed by atoms with Crippen LogP contribution in [0.2, 0.25) is 5.02 Å². The number of halogens is 2. The highest BCUT2D eigenvalue weighted by Gasteiger charge is 2.23. The average molecular weight is 380 g/mol. The van der Waals surface area contributed by atoms with Gasteiger partial charge < -0.3 is 5.32 Å². The molecule has 1 aromatic carbocycles. The number of hydrogen-bond acceptors (Lipinski definition) is 1. The van der Waals surface area contributed by atoms with Crippen molar-refractivity contribution in [2.24, 2.45) is 11.3 Å². The van der Waals surface area contributed by atoms with Gasteiger partial charge in [-0.25, -0.2) is 0 Å². The van der Waals surface area contributed by atoms with Crippen molar-refractivity contribution in [3.63, 3.8) is 0 Å². The normalized spacial score (nSPS) is 11.7. The van der Waals surface area contributed by atoms with Gasteiger partial charge in [0.15, 0.2) is 0 Å². The van der Waals surface area contributed by atoms with Gasteiger partial charge >= 0.3 is 0 Å². The summed E-state index contributed by atoms with van der Waals surface area (Å²) in [6, 6.07) is 5.36. The second kappa shape index (κ2) is 6.24. The number of rotatable bonds is 4. The minimum Gasteiger partial charge on any atom is -0.351 e. The van der Waals surface area contributed by atoms with Gasteiger partial charge in [0, 0.05) is 15.7 Å². The summed E-state index contributed by atoms with van der Waals surface area (Å²) in [6.07, 6.45) is 0. The second-order valence-electron chi connectivity index (χ2n) is 5.45. The molecule has 1 N–H and O–H groups in total. The monoisotopic (exact) mass is 379 g/mol. The van der Waals surface area contributed by atoms with Crippen molar-refractivity contribution in [3.8, 4) is 0 Å². The maximum Gasteiger partial charge on any atom is 0.251 e. The maximum atomic E-state index is 12.0. The molecule has 18 heavy (non-hydrogen) atoms. The molecule has 0 radical (unpaired) electrons. The van der Waals surface area contributed by atoms with Crippen molar-refractivity contribution in [2.75, 3.05) is 6.54 Å². The number of carbonyl (C=O) groups excluding carboxylic acids is 1. The van der Waals surface area contributed by atoms with E-state index in [0.29, 0.717) is 23.0 Å². The quantitative estimate of drug-likeness (QED) is 0.774. The molecule has 4 heteroatoms. The van der Waals surface area contributed by atoms with E-state index < -0.39 is 0 Å². The molecule has 100 valence electrons. The number of nitrogens with one attached hydrogen (secondary N) is 1. The fourth-order valence-corrected chi connectivity index (χ4v) is 1.77. The Hall–Kier alpha value is -0.290. The fraction of sp³-hybridized carbons (Fsp3) is 0.500. The molecule has 0 saturated heterocycles. The predicted octanol–water partition coefficient (Wildman–Crippen LogP) is 4.36. The third kappa shape index (κ3) is 4.12. The van der Waals surface area contributed by atoms with E-state index >= 15 is 0 Å². The lowest BCUT2D eigenvalue weighted by Crippen LogP contribution is -2.36. The van der Waals surface area contributed by atoms with Gasteiger partial charge in [-0.15, -0.1) is 0 Å². The van der Waals surface area contributed by atoms with Gasteiger partial charge in [0.2, 0.25) is 0 Å². The van der Waals surface area contributed by atoms with Gasteiger partial charge in [-0.05, 0) is 52.1 Å². The van der Waals surface area contributed by atoms with Crippen molar-refractivity contribution < 1.29 is 4.79 Å². The third-order valence-electron chi connectivity index (χ3n) is 3.45. The fourth-order valence-electron chi connectivity index (χ4n) is 1.25. The Morgan fingerprint density at radius 1 is 1.44 bits per heavy atom. The van der Waals surface area contributed by atoms with Crippen LogP contribution in [0, 0.1) is 14.9 Å². The van der Waals surface area contributed by atoms with Gasteiger partial charge in [-0.2, -0.15) is 0 Å². The highest BCUT2D eigenvalue weighted by molar-refractivity contribution is 14.1. The summed E-state index contributed by atoms with van der Waals surface area (Å²) < 4.78 is 0.952. The van der Waals surface area contributed by atoms with E-state index in [1.165, 1.54) is 0 Å². The van der Waals surface area contributed by atoms with Gasteiger partial charge in [0.1, 0.15) is 0 Å². The molecule has 1 rings (SSSR count). The van der Waals surface area contributed by atoms with Crippen LogP contribution in [0.25, 0.3) is 0 Å². The van der Waals surface area contributed by atoms with Gasteiger partial charge in [-0.1, -0.05) is 39.3 Å². The molecule has 0 bridgehead atoms. The minimum atomic E-state index is -0.0676. The molecule has 0 saturated carbocycles. The summed E-state index contributed by atoms with van der Waals surface area (Å²) in [6.45, 7) is 9.28. The number of hydrogen-bond donors (Lipinski definition) is 1. The summed E-state index contributed by atoms with van der Waals surface area (Å²) in [7, 11) is 0. The lowest BCUT2D eigenvalue weighted by atomic mass is 9.81. The van der Waals surface area contributed by atoms with E-state index in [-0.39, 0.29) is 11.3 Å². The highest BCUT2D eigenvalue weighted by Crippen LogP contribution is 2.25. The number of carbonyl (C=O) groups is 1. The molecule has 2 nitrogen and oxygen atoms in total. The lowest BCUT2D eigenvalue weighted by molar-refractivity contribution is 0.0925. The summed E-state index contributed by atoms with van der Waals surface area (Å²) in [5, 5.41) is 3.58. The van der Waals surface area contributed by atoms with Crippen LogP contribution in [0.3, 0.4) is 0 Å². The number of benzene rings is 1. The van der Waals surface area contributed by atoms with Crippen molar-refractivity contribution in [3.05, 3.63) is 32.4 Å². The molecule has 0 atom stereocenters. The lowest BCUT2D eigenvalue weighted by Gasteiger charge is -2.29. The zero-order valence-electron chi connectivity index (χ0n) is 11.2. The molecule has 1 amide bonds. The summed E-state index contributed by atoms with van der Waals surface area (Å²) >= 11 is 8.15. The Labute approximate surface area is 128 Å². The molecule has 0 aliphatic heterocycles. The van der Waals surface area contributed by atoms with Crippen molar-refractivity contribution >= 4 is 40.1 Å². The Bertz CT molecular complexity index is 443. The van der Waals surface area contributed by atoms with Crippen LogP contribution in [0.4, 0.5) is 0 Å². The van der Waals surface area contributed by atoms with Crippen molar-refractivity contribution in [1.29, 1.82) is 0 Å². The van der Waals surface area contributed by atoms with Gasteiger partial charge in [0.25, 0.3) is 5.91 Å². The van der Waals surface area contributed by atoms with E-state index in [1.54, 1.807) is 12.1 Å². The largest absolute Gasteiger partial charge is 0.351 e.